The standard InChI is InChI=1S/C22H24N4O2S/c1-4-26-20(13-17-9-6-5-7-10-17)24-25-22(26)29-16(3)21(28)23-19-12-8-11-18(14-19)15(2)27/h5-12,14,16H,4,13H2,1-3H3,(H,23,28). The molecule has 1 N–H and O–H groups in total. The Kier molecular flexibility index (Phi) is 6.82. The van der Waals surface area contributed by atoms with Gasteiger partial charge in [-0.15, -0.1) is 10.2 Å². The maximum atomic E-state index is 12.6. The van der Waals surface area contributed by atoms with Crippen molar-refractivity contribution in [2.24, 2.45) is 0 Å². The summed E-state index contributed by atoms with van der Waals surface area (Å²) in [5, 5.41) is 11.9. The van der Waals surface area contributed by atoms with E-state index in [4.69, 9.17) is 0 Å². The lowest BCUT2D eigenvalue weighted by Crippen LogP contribution is -2.23. The van der Waals surface area contributed by atoms with Crippen molar-refractivity contribution < 1.29 is 9.59 Å². The molecule has 0 saturated carbocycles. The molecule has 150 valence electrons. The summed E-state index contributed by atoms with van der Waals surface area (Å²) in [6.07, 6.45) is 0.695. The number of amides is 1. The number of aromatic nitrogens is 3. The molecule has 0 aliphatic heterocycles. The Labute approximate surface area is 174 Å². The molecular weight excluding hydrogens is 384 g/mol. The highest BCUT2D eigenvalue weighted by Gasteiger charge is 2.20. The number of hydrogen-bond acceptors (Lipinski definition) is 5. The first kappa shape index (κ1) is 20.8. The number of nitrogens with zero attached hydrogens (tertiary/aromatic N) is 3. The molecule has 0 bridgehead atoms. The average Bonchev–Trinajstić information content (AvgIpc) is 3.09. The quantitative estimate of drug-likeness (QED) is 0.446. The van der Waals surface area contributed by atoms with Crippen molar-refractivity contribution >= 4 is 29.1 Å². The summed E-state index contributed by atoms with van der Waals surface area (Å²) in [6, 6.07) is 17.1. The van der Waals surface area contributed by atoms with E-state index in [-0.39, 0.29) is 16.9 Å². The van der Waals surface area contributed by atoms with E-state index in [9.17, 15) is 9.59 Å². The van der Waals surface area contributed by atoms with Crippen molar-refractivity contribution in [3.8, 4) is 0 Å². The summed E-state index contributed by atoms with van der Waals surface area (Å²) in [6.45, 7) is 6.11. The van der Waals surface area contributed by atoms with Gasteiger partial charge in [0.25, 0.3) is 0 Å². The summed E-state index contributed by atoms with van der Waals surface area (Å²) in [7, 11) is 0. The minimum atomic E-state index is -0.366. The van der Waals surface area contributed by atoms with Gasteiger partial charge in [-0.1, -0.05) is 54.2 Å². The number of carbonyl (C=O) groups is 2. The van der Waals surface area contributed by atoms with Gasteiger partial charge >= 0.3 is 0 Å². The molecule has 0 radical (unpaired) electrons. The molecule has 3 rings (SSSR count). The van der Waals surface area contributed by atoms with Gasteiger partial charge in [-0.3, -0.25) is 9.59 Å². The van der Waals surface area contributed by atoms with Crippen molar-refractivity contribution in [3.63, 3.8) is 0 Å². The molecule has 2 aromatic carbocycles. The summed E-state index contributed by atoms with van der Waals surface area (Å²) >= 11 is 1.37. The predicted octanol–water partition coefficient (Wildman–Crippen LogP) is 4.21. The van der Waals surface area contributed by atoms with Crippen molar-refractivity contribution in [1.82, 2.24) is 14.8 Å². The third-order valence-corrected chi connectivity index (χ3v) is 5.58. The Morgan fingerprint density at radius 3 is 2.55 bits per heavy atom. The molecule has 3 aromatic rings. The lowest BCUT2D eigenvalue weighted by atomic mass is 10.1. The zero-order valence-electron chi connectivity index (χ0n) is 16.8. The van der Waals surface area contributed by atoms with E-state index in [1.165, 1.54) is 24.2 Å². The smallest absolute Gasteiger partial charge is 0.237 e. The molecule has 0 saturated heterocycles. The van der Waals surface area contributed by atoms with Crippen molar-refractivity contribution in [2.75, 3.05) is 5.32 Å². The lowest BCUT2D eigenvalue weighted by molar-refractivity contribution is -0.115. The van der Waals surface area contributed by atoms with E-state index in [0.717, 1.165) is 17.5 Å². The van der Waals surface area contributed by atoms with Crippen molar-refractivity contribution in [2.45, 2.75) is 44.1 Å². The van der Waals surface area contributed by atoms with E-state index in [0.29, 0.717) is 17.7 Å². The maximum absolute atomic E-state index is 12.6. The number of Topliss-reactive ketones (excluding diaryl/α,β-unsaturated/α-hetero) is 1. The molecule has 1 unspecified atom stereocenters. The Morgan fingerprint density at radius 1 is 1.10 bits per heavy atom. The van der Waals surface area contributed by atoms with Crippen LogP contribution < -0.4 is 5.32 Å². The first-order chi connectivity index (χ1) is 14.0. The van der Waals surface area contributed by atoms with Crippen LogP contribution in [0.15, 0.2) is 59.8 Å². The first-order valence-corrected chi connectivity index (χ1v) is 10.4. The normalized spacial score (nSPS) is 11.8. The highest BCUT2D eigenvalue weighted by molar-refractivity contribution is 8.00. The fourth-order valence-corrected chi connectivity index (χ4v) is 3.84. The molecule has 0 fully saturated rings. The van der Waals surface area contributed by atoms with Gasteiger partial charge in [-0.05, 0) is 38.5 Å². The number of benzene rings is 2. The van der Waals surface area contributed by atoms with Crippen molar-refractivity contribution in [1.29, 1.82) is 0 Å². The fourth-order valence-electron chi connectivity index (χ4n) is 2.90. The fraction of sp³-hybridized carbons (Fsp3) is 0.273. The van der Waals surface area contributed by atoms with Crippen LogP contribution in [-0.4, -0.2) is 31.7 Å². The summed E-state index contributed by atoms with van der Waals surface area (Å²) in [5.74, 6) is 0.694. The number of nitrogens with one attached hydrogen (secondary N) is 1. The minimum Gasteiger partial charge on any atom is -0.325 e. The van der Waals surface area contributed by atoms with Crippen molar-refractivity contribution in [3.05, 3.63) is 71.5 Å². The molecule has 0 aliphatic carbocycles. The van der Waals surface area contributed by atoms with Crippen LogP contribution in [-0.2, 0) is 17.8 Å². The van der Waals surface area contributed by atoms with E-state index in [1.54, 1.807) is 24.3 Å². The minimum absolute atomic E-state index is 0.0366. The topological polar surface area (TPSA) is 76.9 Å². The number of carbonyl (C=O) groups excluding carboxylic acids is 2. The highest BCUT2D eigenvalue weighted by Crippen LogP contribution is 2.24. The lowest BCUT2D eigenvalue weighted by Gasteiger charge is -2.13. The number of ketones is 1. The summed E-state index contributed by atoms with van der Waals surface area (Å²) in [4.78, 5) is 24.1. The average molecular weight is 409 g/mol. The molecule has 1 heterocycles. The Morgan fingerprint density at radius 2 is 1.86 bits per heavy atom. The van der Waals surface area contributed by atoms with Gasteiger partial charge in [0.15, 0.2) is 10.9 Å². The predicted molar refractivity (Wildman–Crippen MR) is 115 cm³/mol. The van der Waals surface area contributed by atoms with Crippen LogP contribution in [0.25, 0.3) is 0 Å². The van der Waals surface area contributed by atoms with Gasteiger partial charge < -0.3 is 9.88 Å². The van der Waals surface area contributed by atoms with Crippen LogP contribution in [0.3, 0.4) is 0 Å². The molecule has 1 atom stereocenters. The Hall–Kier alpha value is -2.93. The second kappa shape index (κ2) is 9.52. The SMILES string of the molecule is CCn1c(Cc2ccccc2)nnc1SC(C)C(=O)Nc1cccc(C(C)=O)c1. The van der Waals surface area contributed by atoms with Crippen LogP contribution in [0.1, 0.15) is 42.5 Å². The Balaban J connectivity index is 1.68. The molecule has 1 amide bonds. The van der Waals surface area contributed by atoms with E-state index in [1.807, 2.05) is 36.6 Å². The van der Waals surface area contributed by atoms with Crippen LogP contribution in [0, 0.1) is 0 Å². The number of thioether (sulfide) groups is 1. The molecular formula is C22H24N4O2S. The van der Waals surface area contributed by atoms with E-state index < -0.39 is 0 Å². The molecule has 29 heavy (non-hydrogen) atoms. The summed E-state index contributed by atoms with van der Waals surface area (Å²) < 4.78 is 2.04. The third kappa shape index (κ3) is 5.32. The van der Waals surface area contributed by atoms with Gasteiger partial charge in [-0.2, -0.15) is 0 Å². The molecule has 7 heteroatoms. The number of hydrogen-bond donors (Lipinski definition) is 1. The number of anilines is 1. The first-order valence-electron chi connectivity index (χ1n) is 9.52. The van der Waals surface area contributed by atoms with E-state index in [2.05, 4.69) is 27.6 Å². The van der Waals surface area contributed by atoms with Gasteiger partial charge in [0, 0.05) is 24.2 Å². The van der Waals surface area contributed by atoms with E-state index >= 15 is 0 Å². The third-order valence-electron chi connectivity index (χ3n) is 4.50. The van der Waals surface area contributed by atoms with Crippen LogP contribution in [0.2, 0.25) is 0 Å². The van der Waals surface area contributed by atoms with Gasteiger partial charge in [-0.25, -0.2) is 0 Å². The van der Waals surface area contributed by atoms with Gasteiger partial charge in [0.1, 0.15) is 5.82 Å². The number of rotatable bonds is 8. The van der Waals surface area contributed by atoms with Gasteiger partial charge in [0.2, 0.25) is 5.91 Å². The van der Waals surface area contributed by atoms with Gasteiger partial charge in [0.05, 0.1) is 5.25 Å². The zero-order valence-corrected chi connectivity index (χ0v) is 17.6. The second-order valence-electron chi connectivity index (χ2n) is 6.69. The summed E-state index contributed by atoms with van der Waals surface area (Å²) in [5.41, 5.74) is 2.35. The van der Waals surface area contributed by atoms with Crippen LogP contribution in [0.4, 0.5) is 5.69 Å². The molecule has 6 nitrogen and oxygen atoms in total. The van der Waals surface area contributed by atoms with Crippen LogP contribution in [0.5, 0.6) is 0 Å². The molecule has 0 aliphatic rings. The maximum Gasteiger partial charge on any atom is 0.237 e. The Bertz CT molecular complexity index is 1000. The zero-order chi connectivity index (χ0) is 20.8. The second-order valence-corrected chi connectivity index (χ2v) is 8.00. The van der Waals surface area contributed by atoms with Crippen LogP contribution >= 0.6 is 11.8 Å². The highest BCUT2D eigenvalue weighted by atomic mass is 32.2. The molecule has 1 aromatic heterocycles. The molecule has 0 spiro atoms. The monoisotopic (exact) mass is 408 g/mol. The largest absolute Gasteiger partial charge is 0.325 e.